The summed E-state index contributed by atoms with van der Waals surface area (Å²) in [6, 6.07) is 17.9. The first-order chi connectivity index (χ1) is 15.0. The zero-order valence-corrected chi connectivity index (χ0v) is 18.2. The maximum atomic E-state index is 12.9. The van der Waals surface area contributed by atoms with Crippen LogP contribution in [0.3, 0.4) is 0 Å². The minimum Gasteiger partial charge on any atom is -0.493 e. The third-order valence-corrected chi connectivity index (χ3v) is 6.01. The molecule has 0 radical (unpaired) electrons. The molecular formula is C24H18ClNO4S. The molecule has 1 saturated heterocycles. The van der Waals surface area contributed by atoms with Crippen LogP contribution in [0, 0.1) is 0 Å². The van der Waals surface area contributed by atoms with Crippen LogP contribution in [-0.4, -0.2) is 35.0 Å². The van der Waals surface area contributed by atoms with Crippen LogP contribution < -0.4 is 4.74 Å². The second-order valence-corrected chi connectivity index (χ2v) is 8.26. The Bertz CT molecular complexity index is 1220. The number of hydrogen-bond donors (Lipinski definition) is 0. The van der Waals surface area contributed by atoms with E-state index in [9.17, 15) is 14.4 Å². The van der Waals surface area contributed by atoms with E-state index >= 15 is 0 Å². The molecule has 1 heterocycles. The second-order valence-electron chi connectivity index (χ2n) is 6.83. The van der Waals surface area contributed by atoms with Gasteiger partial charge in [-0.2, -0.15) is 0 Å². The molecule has 0 atom stereocenters. The fraction of sp³-hybridized carbons (Fsp3) is 0.125. The number of thioether (sulfide) groups is 1. The Labute approximate surface area is 188 Å². The molecule has 1 aliphatic rings. The third-order valence-electron chi connectivity index (χ3n) is 4.85. The van der Waals surface area contributed by atoms with Crippen molar-refractivity contribution in [1.82, 2.24) is 4.90 Å². The number of ketones is 1. The van der Waals surface area contributed by atoms with E-state index in [1.165, 1.54) is 0 Å². The summed E-state index contributed by atoms with van der Waals surface area (Å²) in [6.45, 7) is 2.03. The van der Waals surface area contributed by atoms with Gasteiger partial charge in [0.05, 0.1) is 18.1 Å². The number of benzene rings is 3. The average Bonchev–Trinajstić information content (AvgIpc) is 3.03. The molecule has 0 aromatic heterocycles. The Kier molecular flexibility index (Phi) is 6.11. The quantitative estimate of drug-likeness (QED) is 0.349. The van der Waals surface area contributed by atoms with Crippen molar-refractivity contribution in [3.63, 3.8) is 0 Å². The number of amides is 2. The van der Waals surface area contributed by atoms with Crippen LogP contribution in [0.5, 0.6) is 5.75 Å². The minimum atomic E-state index is -0.493. The predicted molar refractivity (Wildman–Crippen MR) is 124 cm³/mol. The zero-order chi connectivity index (χ0) is 22.0. The SMILES string of the molecule is CCOc1ccc2ccccc2c1/C=C1/SC(=O)N(CC(=O)c2ccc(Cl)cc2)C1=O. The van der Waals surface area contributed by atoms with Gasteiger partial charge >= 0.3 is 0 Å². The molecule has 0 bridgehead atoms. The first-order valence-corrected chi connectivity index (χ1v) is 10.9. The lowest BCUT2D eigenvalue weighted by atomic mass is 10.0. The highest BCUT2D eigenvalue weighted by Gasteiger charge is 2.36. The fourth-order valence-electron chi connectivity index (χ4n) is 3.34. The van der Waals surface area contributed by atoms with Gasteiger partial charge in [0.15, 0.2) is 5.78 Å². The minimum absolute atomic E-state index is 0.256. The average molecular weight is 452 g/mol. The molecule has 2 amide bonds. The summed E-state index contributed by atoms with van der Waals surface area (Å²) < 4.78 is 5.75. The molecule has 1 aliphatic heterocycles. The van der Waals surface area contributed by atoms with E-state index in [1.54, 1.807) is 30.3 Å². The number of carbonyl (C=O) groups is 3. The van der Waals surface area contributed by atoms with Crippen LogP contribution in [0.2, 0.25) is 5.02 Å². The fourth-order valence-corrected chi connectivity index (χ4v) is 4.29. The number of Topliss-reactive ketones (excluding diaryl/α,β-unsaturated/α-hetero) is 1. The summed E-state index contributed by atoms with van der Waals surface area (Å²) in [5.41, 5.74) is 1.12. The lowest BCUT2D eigenvalue weighted by molar-refractivity contribution is -0.122. The van der Waals surface area contributed by atoms with Gasteiger partial charge in [-0.15, -0.1) is 0 Å². The number of fused-ring (bicyclic) bond motifs is 1. The van der Waals surface area contributed by atoms with E-state index in [0.717, 1.165) is 33.0 Å². The maximum Gasteiger partial charge on any atom is 0.293 e. The summed E-state index contributed by atoms with van der Waals surface area (Å²) in [7, 11) is 0. The molecule has 0 unspecified atom stereocenters. The van der Waals surface area contributed by atoms with Gasteiger partial charge in [-0.25, -0.2) is 0 Å². The summed E-state index contributed by atoms with van der Waals surface area (Å²) in [5.74, 6) is -0.196. The third kappa shape index (κ3) is 4.36. The molecule has 4 rings (SSSR count). The standard InChI is InChI=1S/C24H18ClNO4S/c1-2-30-21-12-9-15-5-3-4-6-18(15)19(21)13-22-23(28)26(24(29)31-22)14-20(27)16-7-10-17(25)11-8-16/h3-13H,2,14H2,1H3/b22-13+. The molecule has 156 valence electrons. The Morgan fingerprint density at radius 3 is 2.55 bits per heavy atom. The zero-order valence-electron chi connectivity index (χ0n) is 16.6. The Morgan fingerprint density at radius 2 is 1.81 bits per heavy atom. The van der Waals surface area contributed by atoms with Gasteiger partial charge < -0.3 is 4.74 Å². The van der Waals surface area contributed by atoms with E-state index < -0.39 is 11.1 Å². The Hall–Kier alpha value is -3.09. The van der Waals surface area contributed by atoms with Gasteiger partial charge in [-0.05, 0) is 65.9 Å². The molecule has 1 fully saturated rings. The number of carbonyl (C=O) groups excluding carboxylic acids is 3. The second kappa shape index (κ2) is 8.96. The molecule has 0 saturated carbocycles. The van der Waals surface area contributed by atoms with Crippen LogP contribution in [0.1, 0.15) is 22.8 Å². The van der Waals surface area contributed by atoms with Gasteiger partial charge in [0.2, 0.25) is 0 Å². The Morgan fingerprint density at radius 1 is 1.06 bits per heavy atom. The van der Waals surface area contributed by atoms with Crippen LogP contribution in [-0.2, 0) is 4.79 Å². The smallest absolute Gasteiger partial charge is 0.293 e. The highest BCUT2D eigenvalue weighted by atomic mass is 35.5. The summed E-state index contributed by atoms with van der Waals surface area (Å²) in [4.78, 5) is 39.2. The largest absolute Gasteiger partial charge is 0.493 e. The molecule has 0 aliphatic carbocycles. The van der Waals surface area contributed by atoms with Gasteiger partial charge in [-0.1, -0.05) is 41.9 Å². The molecule has 3 aromatic carbocycles. The maximum absolute atomic E-state index is 12.9. The highest BCUT2D eigenvalue weighted by Crippen LogP contribution is 2.37. The molecule has 0 N–H and O–H groups in total. The molecule has 3 aromatic rings. The van der Waals surface area contributed by atoms with Crippen molar-refractivity contribution in [2.75, 3.05) is 13.2 Å². The van der Waals surface area contributed by atoms with Gasteiger partial charge in [-0.3, -0.25) is 19.3 Å². The Balaban J connectivity index is 1.65. The molecule has 5 nitrogen and oxygen atoms in total. The summed E-state index contributed by atoms with van der Waals surface area (Å²) in [5, 5.41) is 1.94. The summed E-state index contributed by atoms with van der Waals surface area (Å²) in [6.07, 6.45) is 1.67. The van der Waals surface area contributed by atoms with Crippen molar-refractivity contribution in [3.05, 3.63) is 81.7 Å². The summed E-state index contributed by atoms with van der Waals surface area (Å²) >= 11 is 6.68. The first-order valence-electron chi connectivity index (χ1n) is 9.66. The number of nitrogens with zero attached hydrogens (tertiary/aromatic N) is 1. The van der Waals surface area contributed by atoms with Crippen molar-refractivity contribution in [1.29, 1.82) is 0 Å². The first kappa shape index (κ1) is 21.2. The van der Waals surface area contributed by atoms with Crippen molar-refractivity contribution >= 4 is 57.1 Å². The van der Waals surface area contributed by atoms with Gasteiger partial charge in [0.25, 0.3) is 11.1 Å². The van der Waals surface area contributed by atoms with Crippen molar-refractivity contribution in [3.8, 4) is 5.75 Å². The number of ether oxygens (including phenoxy) is 1. The highest BCUT2D eigenvalue weighted by molar-refractivity contribution is 8.18. The van der Waals surface area contributed by atoms with Gasteiger partial charge in [0, 0.05) is 16.1 Å². The molecule has 31 heavy (non-hydrogen) atoms. The number of halogens is 1. The predicted octanol–water partition coefficient (Wildman–Crippen LogP) is 5.81. The van der Waals surface area contributed by atoms with Crippen molar-refractivity contribution in [2.24, 2.45) is 0 Å². The monoisotopic (exact) mass is 451 g/mol. The van der Waals surface area contributed by atoms with Crippen LogP contribution in [0.15, 0.2) is 65.6 Å². The van der Waals surface area contributed by atoms with E-state index in [4.69, 9.17) is 16.3 Å². The number of rotatable bonds is 6. The van der Waals surface area contributed by atoms with Crippen LogP contribution in [0.4, 0.5) is 4.79 Å². The lowest BCUT2D eigenvalue weighted by Gasteiger charge is -2.12. The van der Waals surface area contributed by atoms with Crippen LogP contribution in [0.25, 0.3) is 16.8 Å². The normalized spacial score (nSPS) is 15.2. The van der Waals surface area contributed by atoms with Crippen molar-refractivity contribution in [2.45, 2.75) is 6.92 Å². The lowest BCUT2D eigenvalue weighted by Crippen LogP contribution is -2.33. The molecule has 0 spiro atoms. The van der Waals surface area contributed by atoms with Gasteiger partial charge in [0.1, 0.15) is 5.75 Å². The molecular weight excluding hydrogens is 434 g/mol. The molecule has 7 heteroatoms. The topological polar surface area (TPSA) is 63.7 Å². The van der Waals surface area contributed by atoms with E-state index in [1.807, 2.05) is 43.3 Å². The van der Waals surface area contributed by atoms with Crippen LogP contribution >= 0.6 is 23.4 Å². The van der Waals surface area contributed by atoms with E-state index in [0.29, 0.717) is 22.9 Å². The number of hydrogen-bond acceptors (Lipinski definition) is 5. The van der Waals surface area contributed by atoms with E-state index in [2.05, 4.69) is 0 Å². The van der Waals surface area contributed by atoms with Crippen molar-refractivity contribution < 1.29 is 19.1 Å². The van der Waals surface area contributed by atoms with E-state index in [-0.39, 0.29) is 17.2 Å². The number of imide groups is 1.